The second-order valence-electron chi connectivity index (χ2n) is 14.2. The van der Waals surface area contributed by atoms with Crippen molar-refractivity contribution in [3.8, 4) is 0 Å². The number of nitrogens with two attached hydrogens (primary N) is 2. The van der Waals surface area contributed by atoms with Gasteiger partial charge in [0.25, 0.3) is 0 Å². The van der Waals surface area contributed by atoms with Crippen LogP contribution in [0, 0.1) is 17.8 Å². The average Bonchev–Trinajstić information content (AvgIpc) is 3.03. The zero-order chi connectivity index (χ0) is 38.4. The molecule has 1 saturated heterocycles. The minimum atomic E-state index is -1.50. The molecule has 7 amide bonds. The van der Waals surface area contributed by atoms with Gasteiger partial charge in [0.1, 0.15) is 36.3 Å². The Kier molecular flexibility index (Phi) is 17.3. The lowest BCUT2D eigenvalue weighted by Gasteiger charge is -2.30. The van der Waals surface area contributed by atoms with E-state index < -0.39 is 89.9 Å². The molecule has 51 heavy (non-hydrogen) atoms. The molecule has 16 heteroatoms. The number of nitrogens with one attached hydrogen (secondary N) is 6. The number of hydrogen-bond acceptors (Lipinski definition) is 8. The first-order valence-electron chi connectivity index (χ1n) is 17.5. The van der Waals surface area contributed by atoms with Gasteiger partial charge in [0.05, 0.1) is 6.42 Å². The lowest BCUT2D eigenvalue weighted by Crippen LogP contribution is -2.62. The normalized spacial score (nSPS) is 24.5. The molecule has 2 rings (SSSR count). The maximum atomic E-state index is 14.0. The van der Waals surface area contributed by atoms with Gasteiger partial charge in [-0.25, -0.2) is 0 Å². The highest BCUT2D eigenvalue weighted by Gasteiger charge is 2.36. The molecule has 1 aromatic carbocycles. The van der Waals surface area contributed by atoms with E-state index in [1.165, 1.54) is 0 Å². The van der Waals surface area contributed by atoms with Crippen LogP contribution in [-0.4, -0.2) is 84.1 Å². The highest BCUT2D eigenvalue weighted by Crippen LogP contribution is 2.14. The molecule has 1 heterocycles. The maximum Gasteiger partial charge on any atom is 0.243 e. The number of rotatable bonds is 12. The zero-order valence-corrected chi connectivity index (χ0v) is 31.1. The summed E-state index contributed by atoms with van der Waals surface area (Å²) in [4.78, 5) is 94.6. The van der Waals surface area contributed by atoms with Gasteiger partial charge in [-0.3, -0.25) is 33.6 Å². The van der Waals surface area contributed by atoms with Crippen LogP contribution in [0.5, 0.6) is 0 Å². The van der Waals surface area contributed by atoms with E-state index in [9.17, 15) is 33.6 Å². The first kappa shape index (κ1) is 42.9. The largest absolute Gasteiger partial charge is 0.370 e. The standard InChI is InChI=1S/C35H55ClN8O7/c1-18(2)14-24-31(47)41-25(15-19(3)4)34(50)44-29(20(5)6)35(51)43-27(17-28(38)45)33(49)39-23(8-7-13-37)30(46)42-26(32(48)40-24)16-21-9-11-22(36)12-10-21/h9-12,18-20,23-27,29H,7-8,13-17,37H2,1-6H3,(H2,38,45)(H,39,49)(H,40,48)(H,41,47)(H,42,46)(H,43,51)(H,44,50)/t23-,24+,25-,26-,27+,29+/m1/s1. The smallest absolute Gasteiger partial charge is 0.243 e. The fourth-order valence-corrected chi connectivity index (χ4v) is 5.74. The van der Waals surface area contributed by atoms with E-state index in [-0.39, 0.29) is 44.1 Å². The predicted molar refractivity (Wildman–Crippen MR) is 193 cm³/mol. The molecule has 284 valence electrons. The summed E-state index contributed by atoms with van der Waals surface area (Å²) in [6, 6.07) is -0.670. The number of benzene rings is 1. The Morgan fingerprint density at radius 3 is 1.57 bits per heavy atom. The van der Waals surface area contributed by atoms with Crippen LogP contribution in [0.25, 0.3) is 0 Å². The monoisotopic (exact) mass is 734 g/mol. The summed E-state index contributed by atoms with van der Waals surface area (Å²) in [6.07, 6.45) is 0.168. The molecular formula is C35H55ClN8O7. The molecule has 0 saturated carbocycles. The molecule has 1 fully saturated rings. The highest BCUT2D eigenvalue weighted by atomic mass is 35.5. The summed E-state index contributed by atoms with van der Waals surface area (Å²) < 4.78 is 0. The summed E-state index contributed by atoms with van der Waals surface area (Å²) in [5, 5.41) is 16.5. The first-order chi connectivity index (χ1) is 23.9. The topological polar surface area (TPSA) is 244 Å². The van der Waals surface area contributed by atoms with Gasteiger partial charge in [0, 0.05) is 11.4 Å². The van der Waals surface area contributed by atoms with Gasteiger partial charge in [-0.2, -0.15) is 0 Å². The summed E-state index contributed by atoms with van der Waals surface area (Å²) in [6.45, 7) is 11.0. The molecule has 1 aromatic rings. The van der Waals surface area contributed by atoms with Crippen LogP contribution >= 0.6 is 11.6 Å². The number of carbonyl (C=O) groups excluding carboxylic acids is 7. The van der Waals surface area contributed by atoms with E-state index in [1.807, 2.05) is 27.7 Å². The van der Waals surface area contributed by atoms with E-state index in [2.05, 4.69) is 31.9 Å². The summed E-state index contributed by atoms with van der Waals surface area (Å²) >= 11 is 6.07. The number of halogens is 1. The van der Waals surface area contributed by atoms with Gasteiger partial charge in [-0.15, -0.1) is 0 Å². The maximum absolute atomic E-state index is 14.0. The van der Waals surface area contributed by atoms with Crippen molar-refractivity contribution in [2.75, 3.05) is 6.54 Å². The van der Waals surface area contributed by atoms with Crippen molar-refractivity contribution in [1.82, 2.24) is 31.9 Å². The Hall–Kier alpha value is -4.24. The Bertz CT molecular complexity index is 1390. The first-order valence-corrected chi connectivity index (χ1v) is 17.8. The fourth-order valence-electron chi connectivity index (χ4n) is 5.61. The zero-order valence-electron chi connectivity index (χ0n) is 30.3. The third-order valence-electron chi connectivity index (χ3n) is 8.28. The second kappa shape index (κ2) is 20.6. The quantitative estimate of drug-likeness (QED) is 0.147. The van der Waals surface area contributed by atoms with E-state index >= 15 is 0 Å². The molecule has 6 atom stereocenters. The Labute approximate surface area is 304 Å². The number of amides is 7. The van der Waals surface area contributed by atoms with Crippen molar-refractivity contribution in [1.29, 1.82) is 0 Å². The van der Waals surface area contributed by atoms with Crippen LogP contribution in [0.1, 0.15) is 79.2 Å². The minimum absolute atomic E-state index is 0.00234. The van der Waals surface area contributed by atoms with Gasteiger partial charge < -0.3 is 43.4 Å². The molecule has 1 aliphatic rings. The summed E-state index contributed by atoms with van der Waals surface area (Å²) in [5.74, 6) is -5.82. The summed E-state index contributed by atoms with van der Waals surface area (Å²) in [7, 11) is 0. The molecule has 15 nitrogen and oxygen atoms in total. The lowest BCUT2D eigenvalue weighted by molar-refractivity contribution is -0.137. The van der Waals surface area contributed by atoms with Gasteiger partial charge in [0.2, 0.25) is 41.4 Å². The number of primary amides is 1. The van der Waals surface area contributed by atoms with E-state index in [1.54, 1.807) is 38.1 Å². The Balaban J connectivity index is 2.69. The lowest BCUT2D eigenvalue weighted by atomic mass is 9.97. The second-order valence-corrected chi connectivity index (χ2v) is 14.7. The molecule has 0 bridgehead atoms. The van der Waals surface area contributed by atoms with Crippen LogP contribution < -0.4 is 43.4 Å². The van der Waals surface area contributed by atoms with E-state index in [4.69, 9.17) is 23.1 Å². The summed E-state index contributed by atoms with van der Waals surface area (Å²) in [5.41, 5.74) is 11.8. The molecule has 10 N–H and O–H groups in total. The van der Waals surface area contributed by atoms with Crippen molar-refractivity contribution < 1.29 is 33.6 Å². The third kappa shape index (κ3) is 14.5. The van der Waals surface area contributed by atoms with Crippen molar-refractivity contribution in [3.05, 3.63) is 34.9 Å². The average molecular weight is 735 g/mol. The Morgan fingerprint density at radius 2 is 1.08 bits per heavy atom. The van der Waals surface area contributed by atoms with Crippen molar-refractivity contribution in [2.45, 2.75) is 116 Å². The minimum Gasteiger partial charge on any atom is -0.370 e. The SMILES string of the molecule is CC(C)C[C@@H]1NC(=O)[C@@H](Cc2ccc(Cl)cc2)NC(=O)[C@@H](CCCN)NC(=O)[C@H](CC(N)=O)NC(=O)[C@H](C(C)C)NC(=O)[C@@H](CC(C)C)NC1=O. The van der Waals surface area contributed by atoms with E-state index in [0.29, 0.717) is 17.0 Å². The Morgan fingerprint density at radius 1 is 0.647 bits per heavy atom. The number of carbonyl (C=O) groups is 7. The molecule has 0 aromatic heterocycles. The van der Waals surface area contributed by atoms with Gasteiger partial charge in [-0.1, -0.05) is 65.3 Å². The molecule has 0 radical (unpaired) electrons. The number of hydrogen-bond donors (Lipinski definition) is 8. The molecular weight excluding hydrogens is 680 g/mol. The third-order valence-corrected chi connectivity index (χ3v) is 8.53. The predicted octanol–water partition coefficient (Wildman–Crippen LogP) is 0.167. The van der Waals surface area contributed by atoms with Gasteiger partial charge >= 0.3 is 0 Å². The van der Waals surface area contributed by atoms with Gasteiger partial charge in [0.15, 0.2) is 0 Å². The molecule has 0 aliphatic carbocycles. The van der Waals surface area contributed by atoms with Crippen molar-refractivity contribution in [2.24, 2.45) is 29.2 Å². The highest BCUT2D eigenvalue weighted by molar-refractivity contribution is 6.30. The van der Waals surface area contributed by atoms with E-state index in [0.717, 1.165) is 0 Å². The van der Waals surface area contributed by atoms with Crippen LogP contribution in [0.3, 0.4) is 0 Å². The molecule has 0 spiro atoms. The van der Waals surface area contributed by atoms with Crippen molar-refractivity contribution >= 4 is 53.0 Å². The van der Waals surface area contributed by atoms with Crippen molar-refractivity contribution in [3.63, 3.8) is 0 Å². The fraction of sp³-hybridized carbons (Fsp3) is 0.629. The van der Waals surface area contributed by atoms with Crippen LogP contribution in [-0.2, 0) is 40.0 Å². The molecule has 1 aliphatic heterocycles. The van der Waals surface area contributed by atoms with Gasteiger partial charge in [-0.05, 0) is 67.7 Å². The molecule has 0 unspecified atom stereocenters. The van der Waals surface area contributed by atoms with Crippen LogP contribution in [0.2, 0.25) is 5.02 Å². The van der Waals surface area contributed by atoms with Crippen LogP contribution in [0.15, 0.2) is 24.3 Å². The van der Waals surface area contributed by atoms with Crippen LogP contribution in [0.4, 0.5) is 0 Å².